The zero-order valence-corrected chi connectivity index (χ0v) is 15.2. The summed E-state index contributed by atoms with van der Waals surface area (Å²) < 4.78 is 10.6. The smallest absolute Gasteiger partial charge is 0.262 e. The Hall–Kier alpha value is -2.15. The zero-order chi connectivity index (χ0) is 18.4. The highest BCUT2D eigenvalue weighted by Gasteiger charge is 2.14. The second-order valence-electron chi connectivity index (χ2n) is 4.74. The van der Waals surface area contributed by atoms with E-state index >= 15 is 0 Å². The highest BCUT2D eigenvalue weighted by atomic mass is 35.5. The first-order valence-corrected chi connectivity index (χ1v) is 8.00. The van der Waals surface area contributed by atoms with Crippen LogP contribution in [0, 0.1) is 0 Å². The maximum Gasteiger partial charge on any atom is 0.262 e. The first-order chi connectivity index (χ1) is 11.9. The molecule has 2 rings (SSSR count). The van der Waals surface area contributed by atoms with Crippen LogP contribution in [0.25, 0.3) is 0 Å². The molecule has 0 fully saturated rings. The van der Waals surface area contributed by atoms with Crippen LogP contribution in [0.15, 0.2) is 35.5 Å². The number of halogens is 3. The molecule has 0 saturated heterocycles. The number of anilines is 1. The fraction of sp³-hybridized carbons (Fsp3) is 0.125. The average molecular weight is 404 g/mol. The summed E-state index contributed by atoms with van der Waals surface area (Å²) in [5.74, 6) is 0.0748. The summed E-state index contributed by atoms with van der Waals surface area (Å²) in [7, 11) is 1.42. The highest BCUT2D eigenvalue weighted by Crippen LogP contribution is 2.36. The van der Waals surface area contributed by atoms with Gasteiger partial charge in [-0.25, -0.2) is 0 Å². The Balaban J connectivity index is 2.07. The molecule has 2 aromatic carbocycles. The number of rotatable bonds is 6. The number of carbonyl (C=O) groups excluding carboxylic acids is 1. The predicted molar refractivity (Wildman–Crippen MR) is 98.0 cm³/mol. The van der Waals surface area contributed by atoms with Crippen LogP contribution < -0.4 is 14.8 Å². The summed E-state index contributed by atoms with van der Waals surface area (Å²) >= 11 is 17.8. The number of benzene rings is 2. The lowest BCUT2D eigenvalue weighted by molar-refractivity contribution is -0.118. The fourth-order valence-corrected chi connectivity index (χ4v) is 2.50. The highest BCUT2D eigenvalue weighted by molar-refractivity contribution is 6.42. The van der Waals surface area contributed by atoms with Gasteiger partial charge < -0.3 is 20.0 Å². The molecule has 2 N–H and O–H groups in total. The van der Waals surface area contributed by atoms with Gasteiger partial charge in [-0.05, 0) is 30.3 Å². The van der Waals surface area contributed by atoms with E-state index in [-0.39, 0.29) is 17.4 Å². The Morgan fingerprint density at radius 1 is 1.20 bits per heavy atom. The monoisotopic (exact) mass is 402 g/mol. The van der Waals surface area contributed by atoms with Crippen LogP contribution in [0.1, 0.15) is 5.56 Å². The third-order valence-electron chi connectivity index (χ3n) is 3.01. The van der Waals surface area contributed by atoms with Gasteiger partial charge in [0.1, 0.15) is 0 Å². The molecule has 0 unspecified atom stereocenters. The fourth-order valence-electron chi connectivity index (χ4n) is 1.93. The molecule has 0 bridgehead atoms. The summed E-state index contributed by atoms with van der Waals surface area (Å²) in [6, 6.07) is 7.77. The van der Waals surface area contributed by atoms with Crippen LogP contribution in [0.4, 0.5) is 5.69 Å². The second kappa shape index (κ2) is 8.80. The lowest BCUT2D eigenvalue weighted by Gasteiger charge is -2.13. The molecule has 0 spiro atoms. The first-order valence-electron chi connectivity index (χ1n) is 6.87. The van der Waals surface area contributed by atoms with Gasteiger partial charge in [-0.1, -0.05) is 40.0 Å². The maximum absolute atomic E-state index is 12.0. The van der Waals surface area contributed by atoms with Crippen molar-refractivity contribution in [2.75, 3.05) is 19.0 Å². The van der Waals surface area contributed by atoms with Gasteiger partial charge in [0.2, 0.25) is 0 Å². The third kappa shape index (κ3) is 5.16. The molecular weight excluding hydrogens is 391 g/mol. The van der Waals surface area contributed by atoms with Crippen LogP contribution in [0.3, 0.4) is 0 Å². The van der Waals surface area contributed by atoms with Crippen LogP contribution in [-0.4, -0.2) is 31.0 Å². The predicted octanol–water partition coefficient (Wildman–Crippen LogP) is 4.48. The molecule has 6 nitrogen and oxygen atoms in total. The van der Waals surface area contributed by atoms with E-state index in [1.54, 1.807) is 18.2 Å². The standard InChI is InChI=1S/C16H13Cl3N2O4/c1-24-14-5-9(7-20-23)4-13(19)16(14)25-8-15(22)21-10-2-3-11(17)12(18)6-10/h2-7,23H,8H2,1H3,(H,21,22)/b20-7+. The van der Waals surface area contributed by atoms with Crippen molar-refractivity contribution in [2.24, 2.45) is 5.16 Å². The van der Waals surface area contributed by atoms with Crippen LogP contribution in [0.2, 0.25) is 15.1 Å². The van der Waals surface area contributed by atoms with Crippen molar-refractivity contribution >= 4 is 52.6 Å². The van der Waals surface area contributed by atoms with Gasteiger partial charge in [0, 0.05) is 11.3 Å². The van der Waals surface area contributed by atoms with Crippen LogP contribution >= 0.6 is 34.8 Å². The normalized spacial score (nSPS) is 10.7. The minimum Gasteiger partial charge on any atom is -0.493 e. The minimum atomic E-state index is -0.419. The molecule has 0 heterocycles. The Morgan fingerprint density at radius 3 is 2.60 bits per heavy atom. The van der Waals surface area contributed by atoms with Gasteiger partial charge in [-0.2, -0.15) is 0 Å². The summed E-state index contributed by atoms with van der Waals surface area (Å²) in [6.45, 7) is -0.302. The number of ether oxygens (including phenoxy) is 2. The summed E-state index contributed by atoms with van der Waals surface area (Å²) in [4.78, 5) is 12.0. The van der Waals surface area contributed by atoms with E-state index in [1.165, 1.54) is 25.5 Å². The van der Waals surface area contributed by atoms with Crippen molar-refractivity contribution in [3.8, 4) is 11.5 Å². The Labute approximate surface area is 158 Å². The number of oxime groups is 1. The van der Waals surface area contributed by atoms with E-state index in [4.69, 9.17) is 49.5 Å². The Bertz CT molecular complexity index is 812. The van der Waals surface area contributed by atoms with Gasteiger partial charge >= 0.3 is 0 Å². The largest absolute Gasteiger partial charge is 0.493 e. The van der Waals surface area contributed by atoms with Crippen molar-refractivity contribution in [2.45, 2.75) is 0 Å². The molecule has 0 aliphatic carbocycles. The number of nitrogens with zero attached hydrogens (tertiary/aromatic N) is 1. The van der Waals surface area contributed by atoms with Crippen molar-refractivity contribution in [1.82, 2.24) is 0 Å². The second-order valence-corrected chi connectivity index (χ2v) is 5.97. The van der Waals surface area contributed by atoms with Gasteiger partial charge in [-0.15, -0.1) is 0 Å². The molecule has 0 radical (unpaired) electrons. The third-order valence-corrected chi connectivity index (χ3v) is 4.03. The van der Waals surface area contributed by atoms with E-state index in [0.29, 0.717) is 27.0 Å². The molecular formula is C16H13Cl3N2O4. The summed E-state index contributed by atoms with van der Waals surface area (Å²) in [6.07, 6.45) is 1.19. The molecule has 0 aliphatic rings. The molecule has 1 amide bonds. The Kier molecular flexibility index (Phi) is 6.75. The van der Waals surface area contributed by atoms with Crippen molar-refractivity contribution in [3.63, 3.8) is 0 Å². The lowest BCUT2D eigenvalue weighted by atomic mass is 10.2. The summed E-state index contributed by atoms with van der Waals surface area (Å²) in [5, 5.41) is 15.0. The van der Waals surface area contributed by atoms with Gasteiger partial charge in [-0.3, -0.25) is 4.79 Å². The average Bonchev–Trinajstić information content (AvgIpc) is 2.57. The van der Waals surface area contributed by atoms with Crippen molar-refractivity contribution in [1.29, 1.82) is 0 Å². The van der Waals surface area contributed by atoms with E-state index in [2.05, 4.69) is 10.5 Å². The molecule has 0 aliphatic heterocycles. The number of nitrogens with one attached hydrogen (secondary N) is 1. The van der Waals surface area contributed by atoms with Crippen molar-refractivity contribution in [3.05, 3.63) is 51.0 Å². The molecule has 132 valence electrons. The number of methoxy groups -OCH3 is 1. The van der Waals surface area contributed by atoms with E-state index in [9.17, 15) is 4.79 Å². The van der Waals surface area contributed by atoms with Crippen LogP contribution in [-0.2, 0) is 4.79 Å². The quantitative estimate of drug-likeness (QED) is 0.423. The maximum atomic E-state index is 12.0. The summed E-state index contributed by atoms with van der Waals surface area (Å²) in [5.41, 5.74) is 0.993. The van der Waals surface area contributed by atoms with E-state index < -0.39 is 5.91 Å². The van der Waals surface area contributed by atoms with Gasteiger partial charge in [0.25, 0.3) is 5.91 Å². The first kappa shape index (κ1) is 19.2. The van der Waals surface area contributed by atoms with Crippen molar-refractivity contribution < 1.29 is 19.5 Å². The van der Waals surface area contributed by atoms with E-state index in [1.807, 2.05) is 0 Å². The van der Waals surface area contributed by atoms with Gasteiger partial charge in [0.05, 0.1) is 28.4 Å². The molecule has 0 aromatic heterocycles. The van der Waals surface area contributed by atoms with Gasteiger partial charge in [0.15, 0.2) is 18.1 Å². The number of carbonyl (C=O) groups is 1. The number of amides is 1. The minimum absolute atomic E-state index is 0.198. The molecule has 0 saturated carbocycles. The SMILES string of the molecule is COc1cc(/C=N/O)cc(Cl)c1OCC(=O)Nc1ccc(Cl)c(Cl)c1. The molecule has 0 atom stereocenters. The molecule has 2 aromatic rings. The molecule has 9 heteroatoms. The van der Waals surface area contributed by atoms with Crippen LogP contribution in [0.5, 0.6) is 11.5 Å². The Morgan fingerprint density at radius 2 is 1.96 bits per heavy atom. The molecule has 25 heavy (non-hydrogen) atoms. The number of hydrogen-bond donors (Lipinski definition) is 2. The van der Waals surface area contributed by atoms with E-state index in [0.717, 1.165) is 0 Å². The topological polar surface area (TPSA) is 80.2 Å². The number of hydrogen-bond acceptors (Lipinski definition) is 5. The zero-order valence-electron chi connectivity index (χ0n) is 12.9. The lowest BCUT2D eigenvalue weighted by Crippen LogP contribution is -2.20.